The largest absolute Gasteiger partial charge is 0.439 e. The van der Waals surface area contributed by atoms with Gasteiger partial charge in [-0.15, -0.1) is 11.3 Å². The van der Waals surface area contributed by atoms with Crippen LogP contribution in [0.1, 0.15) is 36.9 Å². The molecule has 9 nitrogen and oxygen atoms in total. The lowest BCUT2D eigenvalue weighted by Gasteiger charge is -2.34. The van der Waals surface area contributed by atoms with Crippen molar-refractivity contribution in [2.75, 3.05) is 31.5 Å². The molecule has 6 aromatic rings. The van der Waals surface area contributed by atoms with E-state index in [0.717, 1.165) is 52.2 Å². The minimum absolute atomic E-state index is 0.0595. The molecule has 1 aliphatic rings. The van der Waals surface area contributed by atoms with E-state index in [1.54, 1.807) is 30.5 Å². The van der Waals surface area contributed by atoms with Crippen LogP contribution < -0.4 is 10.1 Å². The monoisotopic (exact) mass is 764 g/mol. The van der Waals surface area contributed by atoms with Crippen molar-refractivity contribution in [3.63, 3.8) is 0 Å². The van der Waals surface area contributed by atoms with Gasteiger partial charge in [0, 0.05) is 78.9 Å². The summed E-state index contributed by atoms with van der Waals surface area (Å²) in [5.41, 5.74) is 0.802. The van der Waals surface area contributed by atoms with Crippen molar-refractivity contribution in [1.29, 1.82) is 0 Å². The zero-order valence-corrected chi connectivity index (χ0v) is 29.2. The quantitative estimate of drug-likeness (QED) is 0.156. The van der Waals surface area contributed by atoms with Gasteiger partial charge in [-0.1, -0.05) is 12.1 Å². The van der Waals surface area contributed by atoms with Crippen LogP contribution >= 0.6 is 11.3 Å². The second-order valence-electron chi connectivity index (χ2n) is 12.6. The molecule has 1 aliphatic heterocycles. The molecule has 7 rings (SSSR count). The van der Waals surface area contributed by atoms with Crippen molar-refractivity contribution in [1.82, 2.24) is 24.3 Å². The number of carbonyl (C=O) groups excluding carboxylic acids is 2. The molecule has 16 heteroatoms. The van der Waals surface area contributed by atoms with E-state index in [4.69, 9.17) is 4.74 Å². The van der Waals surface area contributed by atoms with Crippen molar-refractivity contribution in [3.05, 3.63) is 125 Å². The maximum absolute atomic E-state index is 13.6. The fourth-order valence-electron chi connectivity index (χ4n) is 6.05. The van der Waals surface area contributed by atoms with E-state index in [1.807, 2.05) is 28.6 Å². The predicted molar refractivity (Wildman–Crippen MR) is 190 cm³/mol. The molecule has 0 aliphatic carbocycles. The van der Waals surface area contributed by atoms with Crippen LogP contribution in [0.3, 0.4) is 0 Å². The van der Waals surface area contributed by atoms with Crippen LogP contribution in [-0.2, 0) is 25.9 Å². The number of hydrogen-bond donors (Lipinski definition) is 1. The number of halogens is 6. The SMILES string of the molecule is Cn1c(C(=O)N2CCN(Cc3cnc(-c4ccc(C(F)(F)F)cc4)s3)CC2)cc2cc(Oc3ccc(NC(=O)c4ccc(C(F)(F)F)cc4)cn3)ccc21. The Bertz CT molecular complexity index is 2290. The Labute approximate surface area is 308 Å². The van der Waals surface area contributed by atoms with E-state index in [0.29, 0.717) is 60.4 Å². The number of hydrogen-bond acceptors (Lipinski definition) is 7. The number of aromatic nitrogens is 3. The highest BCUT2D eigenvalue weighted by atomic mass is 32.1. The molecule has 0 atom stereocenters. The van der Waals surface area contributed by atoms with Crippen molar-refractivity contribution in [2.24, 2.45) is 7.05 Å². The third-order valence-corrected chi connectivity index (χ3v) is 10.0. The summed E-state index contributed by atoms with van der Waals surface area (Å²) in [6.45, 7) is 2.95. The fraction of sp³-hybridized carbons (Fsp3) is 0.211. The van der Waals surface area contributed by atoms with Gasteiger partial charge in [-0.3, -0.25) is 14.5 Å². The smallest absolute Gasteiger partial charge is 0.416 e. The first-order valence-electron chi connectivity index (χ1n) is 16.6. The maximum Gasteiger partial charge on any atom is 0.416 e. The van der Waals surface area contributed by atoms with Gasteiger partial charge in [-0.05, 0) is 66.7 Å². The first-order chi connectivity index (χ1) is 25.7. The average Bonchev–Trinajstić information content (AvgIpc) is 3.75. The minimum atomic E-state index is -4.50. The van der Waals surface area contributed by atoms with Gasteiger partial charge < -0.3 is 19.5 Å². The van der Waals surface area contributed by atoms with Crippen LogP contribution in [0.15, 0.2) is 97.3 Å². The number of carbonyl (C=O) groups is 2. The maximum atomic E-state index is 13.6. The minimum Gasteiger partial charge on any atom is -0.439 e. The van der Waals surface area contributed by atoms with Gasteiger partial charge in [-0.25, -0.2) is 9.97 Å². The third-order valence-electron chi connectivity index (χ3n) is 8.98. The molecule has 4 heterocycles. The lowest BCUT2D eigenvalue weighted by molar-refractivity contribution is -0.138. The number of benzene rings is 3. The topological polar surface area (TPSA) is 92.6 Å². The average molecular weight is 765 g/mol. The van der Waals surface area contributed by atoms with E-state index in [9.17, 15) is 35.9 Å². The van der Waals surface area contributed by atoms with Crippen LogP contribution in [0, 0.1) is 0 Å². The van der Waals surface area contributed by atoms with E-state index in [1.165, 1.54) is 29.7 Å². The summed E-state index contributed by atoms with van der Waals surface area (Å²) >= 11 is 1.43. The van der Waals surface area contributed by atoms with E-state index in [-0.39, 0.29) is 17.4 Å². The van der Waals surface area contributed by atoms with Crippen LogP contribution in [-0.4, -0.2) is 62.3 Å². The van der Waals surface area contributed by atoms with E-state index >= 15 is 0 Å². The molecule has 3 aromatic heterocycles. The standard InChI is InChI=1S/C38H30F6N6O3S/c1-48-31-12-11-29(53-33-13-10-28(20-45-33)47-34(51)23-2-6-26(7-3-23)37(39,40)41)18-25(31)19-32(48)36(52)50-16-14-49(15-17-50)22-30-21-46-35(54-30)24-4-8-27(9-5-24)38(42,43)44/h2-13,18-21H,14-17,22H2,1H3,(H,47,51). The van der Waals surface area contributed by atoms with Gasteiger partial charge in [-0.2, -0.15) is 26.3 Å². The zero-order valence-electron chi connectivity index (χ0n) is 28.4. The summed E-state index contributed by atoms with van der Waals surface area (Å²) in [5.74, 6) is 0.0156. The molecular weight excluding hydrogens is 735 g/mol. The summed E-state index contributed by atoms with van der Waals surface area (Å²) in [6, 6.07) is 19.1. The summed E-state index contributed by atoms with van der Waals surface area (Å²) in [6.07, 6.45) is -5.78. The number of nitrogens with one attached hydrogen (secondary N) is 1. The van der Waals surface area contributed by atoms with Gasteiger partial charge in [0.15, 0.2) is 0 Å². The molecule has 2 amide bonds. The Kier molecular flexibility index (Phi) is 9.89. The lowest BCUT2D eigenvalue weighted by Crippen LogP contribution is -2.48. The summed E-state index contributed by atoms with van der Waals surface area (Å²) in [7, 11) is 1.82. The highest BCUT2D eigenvalue weighted by Gasteiger charge is 2.31. The Morgan fingerprint density at radius 3 is 2.09 bits per heavy atom. The van der Waals surface area contributed by atoms with Crippen LogP contribution in [0.4, 0.5) is 32.0 Å². The number of pyridine rings is 1. The Morgan fingerprint density at radius 2 is 1.46 bits per heavy atom. The number of aryl methyl sites for hydroxylation is 1. The van der Waals surface area contributed by atoms with Crippen molar-refractivity contribution in [2.45, 2.75) is 18.9 Å². The number of piperazine rings is 1. The summed E-state index contributed by atoms with van der Waals surface area (Å²) in [4.78, 5) is 39.8. The number of fused-ring (bicyclic) bond motifs is 1. The lowest BCUT2D eigenvalue weighted by atomic mass is 10.1. The number of alkyl halides is 6. The second-order valence-corrected chi connectivity index (χ2v) is 13.7. The summed E-state index contributed by atoms with van der Waals surface area (Å²) < 4.78 is 85.0. The molecule has 1 N–H and O–H groups in total. The third kappa shape index (κ3) is 8.09. The van der Waals surface area contributed by atoms with Gasteiger partial charge in [0.05, 0.1) is 23.0 Å². The molecule has 1 fully saturated rings. The van der Waals surface area contributed by atoms with Crippen molar-refractivity contribution < 1.29 is 40.7 Å². The Balaban J connectivity index is 0.928. The van der Waals surface area contributed by atoms with Gasteiger partial charge >= 0.3 is 12.4 Å². The Morgan fingerprint density at radius 1 is 0.796 bits per heavy atom. The van der Waals surface area contributed by atoms with E-state index < -0.39 is 29.4 Å². The zero-order chi connectivity index (χ0) is 38.2. The number of nitrogens with zero attached hydrogens (tertiary/aromatic N) is 5. The molecule has 3 aromatic carbocycles. The first kappa shape index (κ1) is 36.6. The number of ether oxygens (including phenoxy) is 1. The molecule has 0 bridgehead atoms. The normalized spacial score (nSPS) is 14.0. The highest BCUT2D eigenvalue weighted by molar-refractivity contribution is 7.15. The molecule has 0 spiro atoms. The number of amides is 2. The van der Waals surface area contributed by atoms with E-state index in [2.05, 4.69) is 20.2 Å². The highest BCUT2D eigenvalue weighted by Crippen LogP contribution is 2.33. The molecule has 0 unspecified atom stereocenters. The Hall–Kier alpha value is -5.74. The van der Waals surface area contributed by atoms with Gasteiger partial charge in [0.25, 0.3) is 11.8 Å². The first-order valence-corrected chi connectivity index (χ1v) is 17.4. The molecular formula is C38H30F6N6O3S. The number of anilines is 1. The summed E-state index contributed by atoms with van der Waals surface area (Å²) in [5, 5.41) is 4.02. The molecule has 1 saturated heterocycles. The molecule has 0 radical (unpaired) electrons. The molecule has 0 saturated carbocycles. The van der Waals surface area contributed by atoms with Crippen LogP contribution in [0.25, 0.3) is 21.5 Å². The van der Waals surface area contributed by atoms with Crippen molar-refractivity contribution >= 4 is 39.7 Å². The van der Waals surface area contributed by atoms with Gasteiger partial charge in [0.1, 0.15) is 16.5 Å². The number of thiazole rings is 1. The van der Waals surface area contributed by atoms with Crippen LogP contribution in [0.2, 0.25) is 0 Å². The van der Waals surface area contributed by atoms with Crippen molar-refractivity contribution in [3.8, 4) is 22.2 Å². The number of rotatable bonds is 8. The fourth-order valence-corrected chi connectivity index (χ4v) is 7.01. The predicted octanol–water partition coefficient (Wildman–Crippen LogP) is 8.74. The molecule has 54 heavy (non-hydrogen) atoms. The van der Waals surface area contributed by atoms with Gasteiger partial charge in [0.2, 0.25) is 5.88 Å². The second kappa shape index (κ2) is 14.6. The van der Waals surface area contributed by atoms with Crippen LogP contribution in [0.5, 0.6) is 11.6 Å². The molecule has 278 valence electrons.